The van der Waals surface area contributed by atoms with Gasteiger partial charge in [-0.3, -0.25) is 4.57 Å². The van der Waals surface area contributed by atoms with Crippen LogP contribution < -0.4 is 0 Å². The van der Waals surface area contributed by atoms with Crippen molar-refractivity contribution in [2.24, 2.45) is 0 Å². The monoisotopic (exact) mass is 144 g/mol. The summed E-state index contributed by atoms with van der Waals surface area (Å²) in [5.41, 5.74) is 0. The Morgan fingerprint density at radius 1 is 1.78 bits per heavy atom. The first-order valence-corrected chi connectivity index (χ1v) is 4.58. The lowest BCUT2D eigenvalue weighted by atomic mass is 10.5. The lowest BCUT2D eigenvalue weighted by Gasteiger charge is -2.12. The Hall–Kier alpha value is -0.330. The van der Waals surface area contributed by atoms with E-state index in [9.17, 15) is 4.57 Å². The van der Waals surface area contributed by atoms with Crippen molar-refractivity contribution in [2.75, 3.05) is 6.61 Å². The van der Waals surface area contributed by atoms with Gasteiger partial charge in [-0.05, 0) is 12.2 Å². The van der Waals surface area contributed by atoms with Crippen molar-refractivity contribution in [1.82, 2.24) is 0 Å². The van der Waals surface area contributed by atoms with Crippen LogP contribution in [0.2, 0.25) is 0 Å². The van der Waals surface area contributed by atoms with Crippen molar-refractivity contribution in [1.29, 1.82) is 0 Å². The quantitative estimate of drug-likeness (QED) is 0.528. The van der Waals surface area contributed by atoms with Crippen LogP contribution in [-0.4, -0.2) is 6.61 Å². The normalized spacial score (nSPS) is 34.2. The van der Waals surface area contributed by atoms with Crippen molar-refractivity contribution in [3.05, 3.63) is 24.3 Å². The van der Waals surface area contributed by atoms with Gasteiger partial charge in [0.2, 0.25) is 7.37 Å². The Morgan fingerprint density at radius 3 is 2.89 bits per heavy atom. The highest BCUT2D eigenvalue weighted by Gasteiger charge is 2.15. The fourth-order valence-corrected chi connectivity index (χ4v) is 1.79. The van der Waals surface area contributed by atoms with Gasteiger partial charge >= 0.3 is 0 Å². The molecule has 2 nitrogen and oxygen atoms in total. The number of hydrogen-bond acceptors (Lipinski definition) is 2. The molecular weight excluding hydrogens is 135 g/mol. The second-order valence-electron chi connectivity index (χ2n) is 1.83. The predicted molar refractivity (Wildman–Crippen MR) is 37.5 cm³/mol. The largest absolute Gasteiger partial charge is 0.323 e. The van der Waals surface area contributed by atoms with Crippen LogP contribution in [-0.2, 0) is 9.09 Å². The Morgan fingerprint density at radius 2 is 2.56 bits per heavy atom. The summed E-state index contributed by atoms with van der Waals surface area (Å²) >= 11 is 0. The van der Waals surface area contributed by atoms with E-state index in [1.54, 1.807) is 5.82 Å². The summed E-state index contributed by atoms with van der Waals surface area (Å²) < 4.78 is 16.1. The van der Waals surface area contributed by atoms with Crippen LogP contribution in [0.15, 0.2) is 24.3 Å². The molecular formula is C6H9O2P. The first kappa shape index (κ1) is 6.79. The van der Waals surface area contributed by atoms with Gasteiger partial charge in [0.15, 0.2) is 0 Å². The molecule has 0 aromatic heterocycles. The maximum atomic E-state index is 11.2. The van der Waals surface area contributed by atoms with E-state index in [1.807, 2.05) is 6.08 Å². The maximum Gasteiger partial charge on any atom is 0.246 e. The molecule has 0 saturated heterocycles. The summed E-state index contributed by atoms with van der Waals surface area (Å²) in [4.78, 5) is 0. The van der Waals surface area contributed by atoms with Gasteiger partial charge in [0, 0.05) is 5.82 Å². The molecule has 0 fully saturated rings. The van der Waals surface area contributed by atoms with Crippen molar-refractivity contribution >= 4 is 7.37 Å². The molecule has 0 bridgehead atoms. The molecule has 0 amide bonds. The first-order chi connectivity index (χ1) is 4.27. The predicted octanol–water partition coefficient (Wildman–Crippen LogP) is 2.34. The van der Waals surface area contributed by atoms with E-state index in [0.717, 1.165) is 6.42 Å². The number of hydrogen-bond donors (Lipinski definition) is 0. The van der Waals surface area contributed by atoms with Crippen molar-refractivity contribution in [3.8, 4) is 0 Å². The molecule has 9 heavy (non-hydrogen) atoms. The van der Waals surface area contributed by atoms with Crippen molar-refractivity contribution < 1.29 is 9.09 Å². The molecule has 1 atom stereocenters. The molecule has 0 aliphatic carbocycles. The van der Waals surface area contributed by atoms with Crippen LogP contribution in [0.25, 0.3) is 0 Å². The van der Waals surface area contributed by atoms with Crippen LogP contribution in [0.5, 0.6) is 0 Å². The molecule has 0 radical (unpaired) electrons. The molecule has 3 heteroatoms. The molecule has 0 aromatic carbocycles. The minimum Gasteiger partial charge on any atom is -0.323 e. The fourth-order valence-electron chi connectivity index (χ4n) is 0.641. The second-order valence-corrected chi connectivity index (χ2v) is 4.05. The topological polar surface area (TPSA) is 26.3 Å². The van der Waals surface area contributed by atoms with Gasteiger partial charge in [-0.1, -0.05) is 12.7 Å². The first-order valence-electron chi connectivity index (χ1n) is 2.82. The Bertz CT molecular complexity index is 183. The average Bonchev–Trinajstić information content (AvgIpc) is 1.90. The summed E-state index contributed by atoms with van der Waals surface area (Å²) in [6, 6.07) is 0. The summed E-state index contributed by atoms with van der Waals surface area (Å²) in [6.45, 7) is 3.97. The van der Waals surface area contributed by atoms with Crippen molar-refractivity contribution in [3.63, 3.8) is 0 Å². The van der Waals surface area contributed by atoms with E-state index in [1.165, 1.54) is 5.82 Å². The van der Waals surface area contributed by atoms with E-state index in [0.29, 0.717) is 6.61 Å². The van der Waals surface area contributed by atoms with Crippen LogP contribution in [0.4, 0.5) is 0 Å². The molecule has 0 aromatic rings. The van der Waals surface area contributed by atoms with Crippen molar-refractivity contribution in [2.45, 2.75) is 6.42 Å². The highest BCUT2D eigenvalue weighted by molar-refractivity contribution is 7.65. The van der Waals surface area contributed by atoms with E-state index < -0.39 is 7.37 Å². The number of rotatable bonds is 1. The molecule has 0 saturated carbocycles. The summed E-state index contributed by atoms with van der Waals surface area (Å²) in [6.07, 6.45) is 2.73. The average molecular weight is 144 g/mol. The van der Waals surface area contributed by atoms with Gasteiger partial charge in [-0.25, -0.2) is 0 Å². The van der Waals surface area contributed by atoms with Crippen LogP contribution in [0.3, 0.4) is 0 Å². The van der Waals surface area contributed by atoms with Gasteiger partial charge in [-0.2, -0.15) is 0 Å². The molecule has 50 valence electrons. The van der Waals surface area contributed by atoms with E-state index in [-0.39, 0.29) is 0 Å². The van der Waals surface area contributed by atoms with Gasteiger partial charge < -0.3 is 4.52 Å². The van der Waals surface area contributed by atoms with Gasteiger partial charge in [0.1, 0.15) is 0 Å². The van der Waals surface area contributed by atoms with E-state index >= 15 is 0 Å². The fraction of sp³-hybridized carbons (Fsp3) is 0.333. The smallest absolute Gasteiger partial charge is 0.246 e. The third kappa shape index (κ3) is 1.54. The second kappa shape index (κ2) is 2.51. The highest BCUT2D eigenvalue weighted by atomic mass is 31.2. The molecule has 0 spiro atoms. The zero-order valence-electron chi connectivity index (χ0n) is 5.12. The lowest BCUT2D eigenvalue weighted by molar-refractivity contribution is 0.326. The molecule has 1 rings (SSSR count). The summed E-state index contributed by atoms with van der Waals surface area (Å²) in [5, 5.41) is 0. The van der Waals surface area contributed by atoms with E-state index in [2.05, 4.69) is 6.58 Å². The zero-order valence-corrected chi connectivity index (χ0v) is 6.01. The third-order valence-corrected chi connectivity index (χ3v) is 2.87. The Kier molecular flexibility index (Phi) is 1.89. The molecule has 1 aliphatic heterocycles. The minimum atomic E-state index is -2.51. The third-order valence-electron chi connectivity index (χ3n) is 1.15. The van der Waals surface area contributed by atoms with Gasteiger partial charge in [0.25, 0.3) is 0 Å². The van der Waals surface area contributed by atoms with E-state index in [4.69, 9.17) is 4.52 Å². The van der Waals surface area contributed by atoms with Gasteiger partial charge in [-0.15, -0.1) is 0 Å². The highest BCUT2D eigenvalue weighted by Crippen LogP contribution is 2.51. The standard InChI is InChI=1S/C6H9O2P/c1-2-9(7)6-4-3-5-8-9/h2,4,6H,1,3,5H2. The van der Waals surface area contributed by atoms with Crippen LogP contribution in [0.1, 0.15) is 6.42 Å². The molecule has 1 aliphatic rings. The molecule has 0 N–H and O–H groups in total. The van der Waals surface area contributed by atoms with Crippen LogP contribution >= 0.6 is 7.37 Å². The molecule has 1 unspecified atom stereocenters. The zero-order chi connectivity index (χ0) is 6.74. The Balaban J connectivity index is 2.79. The lowest BCUT2D eigenvalue weighted by Crippen LogP contribution is -1.92. The summed E-state index contributed by atoms with van der Waals surface area (Å²) in [5.74, 6) is 2.98. The summed E-state index contributed by atoms with van der Waals surface area (Å²) in [7, 11) is -2.51. The Labute approximate surface area is 54.7 Å². The maximum absolute atomic E-state index is 11.2. The molecule has 1 heterocycles. The minimum absolute atomic E-state index is 0.555. The van der Waals surface area contributed by atoms with Gasteiger partial charge in [0.05, 0.1) is 6.61 Å². The SMILES string of the molecule is C=CP1(=O)C=CCCO1. The van der Waals surface area contributed by atoms with Crippen LogP contribution in [0, 0.1) is 0 Å².